The number of piperazine rings is 1. The predicted octanol–water partition coefficient (Wildman–Crippen LogP) is 2.69. The molecule has 5 rings (SSSR count). The van der Waals surface area contributed by atoms with Crippen LogP contribution in [0.5, 0.6) is 0 Å². The van der Waals surface area contributed by atoms with Crippen molar-refractivity contribution in [2.24, 2.45) is 0 Å². The van der Waals surface area contributed by atoms with Crippen LogP contribution in [-0.4, -0.2) is 48.9 Å². The number of rotatable bonds is 3. The van der Waals surface area contributed by atoms with E-state index in [-0.39, 0.29) is 0 Å². The Labute approximate surface area is 162 Å². The Morgan fingerprint density at radius 3 is 2.52 bits per heavy atom. The van der Waals surface area contributed by atoms with E-state index in [0.29, 0.717) is 31.1 Å². The molecule has 1 aromatic carbocycles. The number of fused-ring (bicyclic) bond motifs is 3. The van der Waals surface area contributed by atoms with Crippen molar-refractivity contribution in [1.29, 1.82) is 0 Å². The number of hydrogen-bond donors (Lipinski definition) is 0. The zero-order valence-electron chi connectivity index (χ0n) is 14.8. The molecular weight excluding hydrogens is 380 g/mol. The molecular formula is C19H20N4O2S2. The van der Waals surface area contributed by atoms with Gasteiger partial charge >= 0.3 is 0 Å². The minimum Gasteiger partial charge on any atom is -0.353 e. The smallest absolute Gasteiger partial charge is 0.243 e. The summed E-state index contributed by atoms with van der Waals surface area (Å²) in [5.41, 5.74) is 1.41. The van der Waals surface area contributed by atoms with E-state index in [4.69, 9.17) is 0 Å². The number of anilines is 1. The van der Waals surface area contributed by atoms with Gasteiger partial charge in [0.25, 0.3) is 0 Å². The van der Waals surface area contributed by atoms with Crippen molar-refractivity contribution in [1.82, 2.24) is 14.3 Å². The van der Waals surface area contributed by atoms with Crippen LogP contribution >= 0.6 is 11.3 Å². The van der Waals surface area contributed by atoms with E-state index in [1.54, 1.807) is 46.2 Å². The van der Waals surface area contributed by atoms with Crippen LogP contribution in [0.2, 0.25) is 0 Å². The summed E-state index contributed by atoms with van der Waals surface area (Å²) in [4.78, 5) is 14.1. The third kappa shape index (κ3) is 2.83. The van der Waals surface area contributed by atoms with E-state index in [1.807, 2.05) is 6.07 Å². The summed E-state index contributed by atoms with van der Waals surface area (Å²) < 4.78 is 27.3. The van der Waals surface area contributed by atoms with Gasteiger partial charge in [-0.3, -0.25) is 0 Å². The molecule has 8 heteroatoms. The van der Waals surface area contributed by atoms with Gasteiger partial charge < -0.3 is 4.90 Å². The van der Waals surface area contributed by atoms with Gasteiger partial charge in [-0.2, -0.15) is 4.31 Å². The third-order valence-electron chi connectivity index (χ3n) is 5.40. The Morgan fingerprint density at radius 2 is 1.74 bits per heavy atom. The number of aromatic nitrogens is 2. The zero-order chi connectivity index (χ0) is 18.4. The van der Waals surface area contributed by atoms with E-state index in [1.165, 1.54) is 22.2 Å². The maximum atomic E-state index is 12.8. The molecule has 1 saturated heterocycles. The maximum absolute atomic E-state index is 12.8. The van der Waals surface area contributed by atoms with Crippen LogP contribution < -0.4 is 4.90 Å². The molecule has 2 aliphatic rings. The first-order chi connectivity index (χ1) is 13.1. The molecule has 0 unspecified atom stereocenters. The average molecular weight is 401 g/mol. The highest BCUT2D eigenvalue weighted by molar-refractivity contribution is 7.89. The van der Waals surface area contributed by atoms with Crippen LogP contribution in [0.15, 0.2) is 41.6 Å². The average Bonchev–Trinajstić information content (AvgIpc) is 3.29. The van der Waals surface area contributed by atoms with Crippen molar-refractivity contribution >= 4 is 37.4 Å². The minimum absolute atomic E-state index is 0.360. The number of thiophene rings is 1. The summed E-state index contributed by atoms with van der Waals surface area (Å²) in [7, 11) is -3.43. The van der Waals surface area contributed by atoms with Gasteiger partial charge in [-0.05, 0) is 37.0 Å². The van der Waals surface area contributed by atoms with Gasteiger partial charge in [-0.25, -0.2) is 18.4 Å². The molecule has 1 fully saturated rings. The van der Waals surface area contributed by atoms with Gasteiger partial charge in [0.1, 0.15) is 17.0 Å². The molecule has 0 saturated carbocycles. The summed E-state index contributed by atoms with van der Waals surface area (Å²) in [6.45, 7) is 2.22. The molecule has 0 spiro atoms. The molecule has 6 nitrogen and oxygen atoms in total. The molecule has 3 heterocycles. The monoisotopic (exact) mass is 400 g/mol. The Kier molecular flexibility index (Phi) is 4.14. The number of sulfonamides is 1. The summed E-state index contributed by atoms with van der Waals surface area (Å²) >= 11 is 1.78. The zero-order valence-corrected chi connectivity index (χ0v) is 16.5. The lowest BCUT2D eigenvalue weighted by molar-refractivity contribution is 0.384. The molecule has 1 aliphatic heterocycles. The van der Waals surface area contributed by atoms with Crippen LogP contribution in [0.1, 0.15) is 16.9 Å². The van der Waals surface area contributed by atoms with Crippen LogP contribution in [0, 0.1) is 0 Å². The fourth-order valence-electron chi connectivity index (χ4n) is 4.03. The predicted molar refractivity (Wildman–Crippen MR) is 107 cm³/mol. The molecule has 0 amide bonds. The maximum Gasteiger partial charge on any atom is 0.243 e. The fourth-order valence-corrected chi connectivity index (χ4v) is 6.70. The Hall–Kier alpha value is -2.03. The SMILES string of the molecule is O=S(=O)(c1ccccc1)N1CCN(c2ncnc3sc4c(c23)CCC4)CC1. The largest absolute Gasteiger partial charge is 0.353 e. The number of hydrogen-bond acceptors (Lipinski definition) is 6. The van der Waals surface area contributed by atoms with Gasteiger partial charge in [0.05, 0.1) is 10.3 Å². The Bertz CT molecular complexity index is 1090. The quantitative estimate of drug-likeness (QED) is 0.676. The molecule has 3 aromatic rings. The highest BCUT2D eigenvalue weighted by Crippen LogP contribution is 2.40. The lowest BCUT2D eigenvalue weighted by Gasteiger charge is -2.35. The van der Waals surface area contributed by atoms with Crippen LogP contribution in [0.4, 0.5) is 5.82 Å². The lowest BCUT2D eigenvalue weighted by Crippen LogP contribution is -2.49. The van der Waals surface area contributed by atoms with Crippen molar-refractivity contribution in [3.63, 3.8) is 0 Å². The molecule has 0 bridgehead atoms. The summed E-state index contributed by atoms with van der Waals surface area (Å²) in [6, 6.07) is 8.67. The highest BCUT2D eigenvalue weighted by atomic mass is 32.2. The first kappa shape index (κ1) is 17.1. The lowest BCUT2D eigenvalue weighted by atomic mass is 10.1. The summed E-state index contributed by atoms with van der Waals surface area (Å²) in [5, 5.41) is 1.19. The van der Waals surface area contributed by atoms with Gasteiger partial charge in [-0.1, -0.05) is 18.2 Å². The van der Waals surface area contributed by atoms with E-state index in [2.05, 4.69) is 14.9 Å². The van der Waals surface area contributed by atoms with E-state index in [9.17, 15) is 8.42 Å². The van der Waals surface area contributed by atoms with E-state index >= 15 is 0 Å². The number of aryl methyl sites for hydroxylation is 2. The topological polar surface area (TPSA) is 66.4 Å². The van der Waals surface area contributed by atoms with Crippen LogP contribution in [0.25, 0.3) is 10.2 Å². The number of benzene rings is 1. The molecule has 0 N–H and O–H groups in total. The first-order valence-corrected chi connectivity index (χ1v) is 11.5. The fraction of sp³-hybridized carbons (Fsp3) is 0.368. The standard InChI is InChI=1S/C19H20N4O2S2/c24-27(25,14-5-2-1-3-6-14)23-11-9-22(10-12-23)18-17-15-7-4-8-16(15)26-19(17)21-13-20-18/h1-3,5-6,13H,4,7-12H2. The number of nitrogens with zero attached hydrogens (tertiary/aromatic N) is 4. The van der Waals surface area contributed by atoms with Crippen molar-refractivity contribution in [3.8, 4) is 0 Å². The Balaban J connectivity index is 1.41. The van der Waals surface area contributed by atoms with Crippen molar-refractivity contribution in [2.45, 2.75) is 24.2 Å². The van der Waals surface area contributed by atoms with Crippen molar-refractivity contribution in [2.75, 3.05) is 31.1 Å². The normalized spacial score (nSPS) is 18.1. The van der Waals surface area contributed by atoms with E-state index < -0.39 is 10.0 Å². The second-order valence-electron chi connectivity index (χ2n) is 6.94. The van der Waals surface area contributed by atoms with Crippen molar-refractivity contribution < 1.29 is 8.42 Å². The Morgan fingerprint density at radius 1 is 0.963 bits per heavy atom. The minimum atomic E-state index is -3.43. The first-order valence-electron chi connectivity index (χ1n) is 9.20. The van der Waals surface area contributed by atoms with Gasteiger partial charge in [0.15, 0.2) is 0 Å². The van der Waals surface area contributed by atoms with Crippen LogP contribution in [-0.2, 0) is 22.9 Å². The molecule has 1 aliphatic carbocycles. The van der Waals surface area contributed by atoms with E-state index in [0.717, 1.165) is 23.5 Å². The molecule has 2 aromatic heterocycles. The molecule has 0 atom stereocenters. The highest BCUT2D eigenvalue weighted by Gasteiger charge is 2.30. The van der Waals surface area contributed by atoms with Crippen molar-refractivity contribution in [3.05, 3.63) is 47.1 Å². The molecule has 27 heavy (non-hydrogen) atoms. The summed E-state index contributed by atoms with van der Waals surface area (Å²) in [6.07, 6.45) is 5.07. The molecule has 0 radical (unpaired) electrons. The van der Waals surface area contributed by atoms with Gasteiger partial charge in [0, 0.05) is 31.1 Å². The third-order valence-corrected chi connectivity index (χ3v) is 8.51. The van der Waals surface area contributed by atoms with Gasteiger partial charge in [-0.15, -0.1) is 11.3 Å². The second-order valence-corrected chi connectivity index (χ2v) is 9.96. The van der Waals surface area contributed by atoms with Gasteiger partial charge in [0.2, 0.25) is 10.0 Å². The van der Waals surface area contributed by atoms with Crippen LogP contribution in [0.3, 0.4) is 0 Å². The second kappa shape index (κ2) is 6.54. The summed E-state index contributed by atoms with van der Waals surface area (Å²) in [5.74, 6) is 0.969. The molecule has 140 valence electrons.